The highest BCUT2D eigenvalue weighted by molar-refractivity contribution is 7.80. The number of para-hydroxylation sites is 1. The Hall–Kier alpha value is -2.44. The van der Waals surface area contributed by atoms with Crippen LogP contribution in [0.25, 0.3) is 0 Å². The lowest BCUT2D eigenvalue weighted by Gasteiger charge is -2.37. The number of carbonyl (C=O) groups excluding carboxylic acids is 1. The lowest BCUT2D eigenvalue weighted by atomic mass is 10.1. The summed E-state index contributed by atoms with van der Waals surface area (Å²) in [6.45, 7) is 7.61. The molecule has 0 spiro atoms. The van der Waals surface area contributed by atoms with E-state index >= 15 is 0 Å². The zero-order chi connectivity index (χ0) is 20.1. The van der Waals surface area contributed by atoms with E-state index in [1.165, 1.54) is 0 Å². The minimum Gasteiger partial charge on any atom is -0.484 e. The smallest absolute Gasteiger partial charge is 0.262 e. The Balaban J connectivity index is 1.53. The molecule has 28 heavy (non-hydrogen) atoms. The topological polar surface area (TPSA) is 50.8 Å². The molecule has 0 aromatic heterocycles. The van der Waals surface area contributed by atoms with Gasteiger partial charge in [-0.05, 0) is 56.7 Å². The first-order valence-corrected chi connectivity index (χ1v) is 9.86. The number of ether oxygens (including phenoxy) is 2. The monoisotopic (exact) mass is 398 g/mol. The van der Waals surface area contributed by atoms with E-state index in [0.717, 1.165) is 34.9 Å². The van der Waals surface area contributed by atoms with Crippen LogP contribution in [-0.4, -0.2) is 47.7 Å². The Labute approximate surface area is 171 Å². The van der Waals surface area contributed by atoms with E-state index in [4.69, 9.17) is 21.7 Å². The van der Waals surface area contributed by atoms with Gasteiger partial charge in [-0.2, -0.15) is 0 Å². The summed E-state index contributed by atoms with van der Waals surface area (Å²) in [6, 6.07) is 15.2. The summed E-state index contributed by atoms with van der Waals surface area (Å²) >= 11 is 5.65. The third-order valence-electron chi connectivity index (χ3n) is 4.60. The molecule has 5 nitrogen and oxygen atoms in total. The number of rotatable bonds is 5. The SMILES string of the molecule is Cc1ccccc1NC(=O)COc1ccc(C(=S)N2C[C@@H](C)O[C@@H](C)C2)cc1. The lowest BCUT2D eigenvalue weighted by molar-refractivity contribution is -0.118. The van der Waals surface area contributed by atoms with Gasteiger partial charge in [0.1, 0.15) is 10.7 Å². The van der Waals surface area contributed by atoms with Gasteiger partial charge in [-0.3, -0.25) is 4.79 Å². The Morgan fingerprint density at radius 1 is 1.14 bits per heavy atom. The molecule has 3 rings (SSSR count). The van der Waals surface area contributed by atoms with E-state index in [1.54, 1.807) is 0 Å². The molecule has 6 heteroatoms. The molecular formula is C22H26N2O3S. The quantitative estimate of drug-likeness (QED) is 0.777. The molecule has 1 aliphatic heterocycles. The summed E-state index contributed by atoms with van der Waals surface area (Å²) in [6.07, 6.45) is 0.326. The number of hydrogen-bond acceptors (Lipinski definition) is 4. The molecule has 1 amide bonds. The number of anilines is 1. The van der Waals surface area contributed by atoms with Gasteiger partial charge < -0.3 is 19.7 Å². The molecular weight excluding hydrogens is 372 g/mol. The molecule has 1 heterocycles. The second-order valence-corrected chi connectivity index (χ2v) is 7.53. The van der Waals surface area contributed by atoms with Crippen LogP contribution in [0.15, 0.2) is 48.5 Å². The third kappa shape index (κ3) is 5.30. The van der Waals surface area contributed by atoms with Gasteiger partial charge >= 0.3 is 0 Å². The molecule has 2 atom stereocenters. The van der Waals surface area contributed by atoms with Crippen molar-refractivity contribution in [3.8, 4) is 5.75 Å². The second kappa shape index (κ2) is 9.17. The van der Waals surface area contributed by atoms with Gasteiger partial charge in [0.2, 0.25) is 0 Å². The predicted octanol–water partition coefficient (Wildman–Crippen LogP) is 3.80. The fourth-order valence-corrected chi connectivity index (χ4v) is 3.55. The van der Waals surface area contributed by atoms with Crippen molar-refractivity contribution in [1.82, 2.24) is 4.90 Å². The number of nitrogens with one attached hydrogen (secondary N) is 1. The van der Waals surface area contributed by atoms with Crippen molar-refractivity contribution in [3.05, 3.63) is 59.7 Å². The van der Waals surface area contributed by atoms with Crippen LogP contribution in [0.2, 0.25) is 0 Å². The molecule has 2 aromatic carbocycles. The summed E-state index contributed by atoms with van der Waals surface area (Å²) < 4.78 is 11.4. The number of thiocarbonyl (C=S) groups is 1. The number of benzene rings is 2. The summed E-state index contributed by atoms with van der Waals surface area (Å²) in [5, 5.41) is 2.86. The van der Waals surface area contributed by atoms with Crippen molar-refractivity contribution < 1.29 is 14.3 Å². The second-order valence-electron chi connectivity index (χ2n) is 7.14. The van der Waals surface area contributed by atoms with Crippen LogP contribution in [0.3, 0.4) is 0 Å². The minimum atomic E-state index is -0.190. The highest BCUT2D eigenvalue weighted by atomic mass is 32.1. The summed E-state index contributed by atoms with van der Waals surface area (Å²) in [5.41, 5.74) is 2.78. The van der Waals surface area contributed by atoms with Crippen LogP contribution in [0.4, 0.5) is 5.69 Å². The van der Waals surface area contributed by atoms with Crippen LogP contribution in [0.5, 0.6) is 5.75 Å². The molecule has 1 N–H and O–H groups in total. The number of nitrogens with zero attached hydrogens (tertiary/aromatic N) is 1. The van der Waals surface area contributed by atoms with Gasteiger partial charge in [0.25, 0.3) is 5.91 Å². The van der Waals surface area contributed by atoms with E-state index in [0.29, 0.717) is 5.75 Å². The van der Waals surface area contributed by atoms with Crippen molar-refractivity contribution in [2.75, 3.05) is 25.0 Å². The van der Waals surface area contributed by atoms with E-state index in [9.17, 15) is 4.79 Å². The van der Waals surface area contributed by atoms with E-state index in [1.807, 2.05) is 55.5 Å². The van der Waals surface area contributed by atoms with Crippen molar-refractivity contribution in [1.29, 1.82) is 0 Å². The number of morpholine rings is 1. The van der Waals surface area contributed by atoms with Crippen LogP contribution in [-0.2, 0) is 9.53 Å². The number of carbonyl (C=O) groups is 1. The standard InChI is InChI=1S/C22H26N2O3S/c1-15-6-4-5-7-20(15)23-21(25)14-26-19-10-8-18(9-11-19)22(28)24-12-16(2)27-17(3)13-24/h4-11,16-17H,12-14H2,1-3H3,(H,23,25)/t16-,17+. The average molecular weight is 399 g/mol. The van der Waals surface area contributed by atoms with E-state index in [-0.39, 0.29) is 24.7 Å². The predicted molar refractivity (Wildman–Crippen MR) is 115 cm³/mol. The average Bonchev–Trinajstić information content (AvgIpc) is 2.67. The molecule has 0 radical (unpaired) electrons. The Bertz CT molecular complexity index is 828. The highest BCUT2D eigenvalue weighted by Gasteiger charge is 2.24. The van der Waals surface area contributed by atoms with E-state index in [2.05, 4.69) is 24.1 Å². The Kier molecular flexibility index (Phi) is 6.65. The maximum Gasteiger partial charge on any atom is 0.262 e. The first-order valence-electron chi connectivity index (χ1n) is 9.45. The van der Waals surface area contributed by atoms with E-state index < -0.39 is 0 Å². The molecule has 1 saturated heterocycles. The molecule has 1 aliphatic rings. The van der Waals surface area contributed by atoms with Crippen LogP contribution in [0.1, 0.15) is 25.0 Å². The van der Waals surface area contributed by atoms with Crippen molar-refractivity contribution in [2.24, 2.45) is 0 Å². The molecule has 148 valence electrons. The minimum absolute atomic E-state index is 0.0450. The third-order valence-corrected chi connectivity index (χ3v) is 5.09. The van der Waals surface area contributed by atoms with Gasteiger partial charge in [-0.25, -0.2) is 0 Å². The van der Waals surface area contributed by atoms with Gasteiger partial charge in [-0.15, -0.1) is 0 Å². The zero-order valence-corrected chi connectivity index (χ0v) is 17.3. The fourth-order valence-electron chi connectivity index (χ4n) is 3.27. The largest absolute Gasteiger partial charge is 0.484 e. The summed E-state index contributed by atoms with van der Waals surface area (Å²) in [5.74, 6) is 0.445. The Morgan fingerprint density at radius 2 is 1.79 bits per heavy atom. The maximum atomic E-state index is 12.1. The molecule has 0 saturated carbocycles. The van der Waals surface area contributed by atoms with Gasteiger partial charge in [0, 0.05) is 24.3 Å². The normalized spacial score (nSPS) is 19.2. The number of aryl methyl sites for hydroxylation is 1. The van der Waals surface area contributed by atoms with Crippen LogP contribution >= 0.6 is 12.2 Å². The molecule has 0 unspecified atom stereocenters. The van der Waals surface area contributed by atoms with Gasteiger partial charge in [0.15, 0.2) is 6.61 Å². The van der Waals surface area contributed by atoms with Crippen LogP contribution < -0.4 is 10.1 Å². The molecule has 1 fully saturated rings. The summed E-state index contributed by atoms with van der Waals surface area (Å²) in [7, 11) is 0. The zero-order valence-electron chi connectivity index (χ0n) is 16.5. The first-order chi connectivity index (χ1) is 13.4. The summed E-state index contributed by atoms with van der Waals surface area (Å²) in [4.78, 5) is 15.1. The fraction of sp³-hybridized carbons (Fsp3) is 0.364. The van der Waals surface area contributed by atoms with Gasteiger partial charge in [-0.1, -0.05) is 30.4 Å². The lowest BCUT2D eigenvalue weighted by Crippen LogP contribution is -2.47. The van der Waals surface area contributed by atoms with Gasteiger partial charge in [0.05, 0.1) is 12.2 Å². The van der Waals surface area contributed by atoms with Crippen molar-refractivity contribution in [3.63, 3.8) is 0 Å². The highest BCUT2D eigenvalue weighted by Crippen LogP contribution is 2.18. The Morgan fingerprint density at radius 3 is 2.43 bits per heavy atom. The molecule has 2 aromatic rings. The van der Waals surface area contributed by atoms with Crippen LogP contribution in [0, 0.1) is 6.92 Å². The number of hydrogen-bond donors (Lipinski definition) is 1. The number of amides is 1. The first kappa shape index (κ1) is 20.3. The molecule has 0 bridgehead atoms. The van der Waals surface area contributed by atoms with Crippen molar-refractivity contribution in [2.45, 2.75) is 33.0 Å². The molecule has 0 aliphatic carbocycles. The van der Waals surface area contributed by atoms with Crippen molar-refractivity contribution >= 4 is 28.8 Å². The maximum absolute atomic E-state index is 12.1.